The van der Waals surface area contributed by atoms with Gasteiger partial charge in [0, 0.05) is 13.1 Å². The molecule has 1 aliphatic heterocycles. The highest BCUT2D eigenvalue weighted by Crippen LogP contribution is 2.33. The Hall–Kier alpha value is -1.55. The molecule has 2 rings (SSSR count). The molecule has 1 aromatic carbocycles. The molecule has 26 heavy (non-hydrogen) atoms. The average molecular weight is 488 g/mol. The first-order valence-electron chi connectivity index (χ1n) is 8.33. The van der Waals surface area contributed by atoms with E-state index >= 15 is 0 Å². The standard InChI is InChI=1S/C18H21IN2O4S/c1-4-20-18-21(5-2)17(23)15(26-18)10-12-7-8-14(13(19)9-12)25-11-16(22)24-6-3/h7-10H,4-6,11H2,1-3H3/b15-10-,20-18?. The molecule has 1 saturated heterocycles. The SMILES string of the molecule is CCN=C1S/C(=C\c2ccc(OCC(=O)OCC)c(I)c2)C(=O)N1CC. The number of carbonyl (C=O) groups is 2. The van der Waals surface area contributed by atoms with Gasteiger partial charge in [0.1, 0.15) is 5.75 Å². The molecule has 0 aromatic heterocycles. The molecule has 0 unspecified atom stereocenters. The number of thioether (sulfide) groups is 1. The predicted octanol–water partition coefficient (Wildman–Crippen LogP) is 3.55. The minimum absolute atomic E-state index is 0.0256. The maximum atomic E-state index is 12.5. The predicted molar refractivity (Wildman–Crippen MR) is 112 cm³/mol. The Balaban J connectivity index is 2.14. The summed E-state index contributed by atoms with van der Waals surface area (Å²) in [6.45, 7) is 7.08. The fourth-order valence-electron chi connectivity index (χ4n) is 2.25. The van der Waals surface area contributed by atoms with Crippen LogP contribution in [0.25, 0.3) is 6.08 Å². The van der Waals surface area contributed by atoms with Gasteiger partial charge in [0.2, 0.25) is 0 Å². The van der Waals surface area contributed by atoms with Crippen LogP contribution in [0.5, 0.6) is 5.75 Å². The second-order valence-electron chi connectivity index (χ2n) is 5.20. The quantitative estimate of drug-likeness (QED) is 0.334. The maximum absolute atomic E-state index is 12.5. The first-order valence-corrected chi connectivity index (χ1v) is 10.2. The van der Waals surface area contributed by atoms with Crippen molar-refractivity contribution in [2.75, 3.05) is 26.3 Å². The molecular weight excluding hydrogens is 467 g/mol. The summed E-state index contributed by atoms with van der Waals surface area (Å²) in [4.78, 5) is 30.6. The van der Waals surface area contributed by atoms with Gasteiger partial charge in [-0.05, 0) is 78.9 Å². The molecule has 0 atom stereocenters. The third-order valence-electron chi connectivity index (χ3n) is 3.40. The third kappa shape index (κ3) is 5.23. The van der Waals surface area contributed by atoms with Crippen molar-refractivity contribution in [1.29, 1.82) is 0 Å². The molecule has 1 aromatic rings. The van der Waals surface area contributed by atoms with Gasteiger partial charge in [0.05, 0.1) is 15.1 Å². The van der Waals surface area contributed by atoms with Crippen LogP contribution in [0.1, 0.15) is 26.3 Å². The number of carbonyl (C=O) groups excluding carboxylic acids is 2. The number of amidine groups is 1. The number of aliphatic imine (C=N–C) groups is 1. The number of ether oxygens (including phenoxy) is 2. The molecule has 6 nitrogen and oxygen atoms in total. The van der Waals surface area contributed by atoms with Crippen molar-refractivity contribution in [1.82, 2.24) is 4.90 Å². The summed E-state index contributed by atoms with van der Waals surface area (Å²) in [7, 11) is 0. The Morgan fingerprint density at radius 3 is 2.73 bits per heavy atom. The van der Waals surface area contributed by atoms with Gasteiger partial charge in [-0.15, -0.1) is 0 Å². The molecule has 1 heterocycles. The van der Waals surface area contributed by atoms with Crippen molar-refractivity contribution in [2.45, 2.75) is 20.8 Å². The van der Waals surface area contributed by atoms with E-state index in [4.69, 9.17) is 9.47 Å². The minimum Gasteiger partial charge on any atom is -0.481 e. The van der Waals surface area contributed by atoms with Gasteiger partial charge in [-0.2, -0.15) is 0 Å². The third-order valence-corrected chi connectivity index (χ3v) is 5.29. The number of halogens is 1. The number of benzene rings is 1. The zero-order valence-electron chi connectivity index (χ0n) is 15.0. The molecule has 0 radical (unpaired) electrons. The molecule has 0 N–H and O–H groups in total. The van der Waals surface area contributed by atoms with Crippen LogP contribution in [0.2, 0.25) is 0 Å². The molecule has 1 fully saturated rings. The molecule has 1 aliphatic rings. The molecular formula is C18H21IN2O4S. The Kier molecular flexibility index (Phi) is 7.95. The number of hydrogen-bond donors (Lipinski definition) is 0. The Labute approximate surface area is 171 Å². The molecule has 1 amide bonds. The highest BCUT2D eigenvalue weighted by atomic mass is 127. The average Bonchev–Trinajstić information content (AvgIpc) is 2.89. The lowest BCUT2D eigenvalue weighted by Gasteiger charge is -2.11. The van der Waals surface area contributed by atoms with Crippen LogP contribution in [0.15, 0.2) is 28.1 Å². The lowest BCUT2D eigenvalue weighted by molar-refractivity contribution is -0.145. The lowest BCUT2D eigenvalue weighted by Crippen LogP contribution is -2.28. The van der Waals surface area contributed by atoms with Crippen LogP contribution in [0, 0.1) is 3.57 Å². The van der Waals surface area contributed by atoms with Gasteiger partial charge in [0.25, 0.3) is 5.91 Å². The Morgan fingerprint density at radius 1 is 1.35 bits per heavy atom. The van der Waals surface area contributed by atoms with E-state index in [9.17, 15) is 9.59 Å². The first kappa shape index (κ1) is 20.8. The van der Waals surface area contributed by atoms with Crippen LogP contribution in [-0.2, 0) is 14.3 Å². The van der Waals surface area contributed by atoms with E-state index in [1.165, 1.54) is 11.8 Å². The van der Waals surface area contributed by atoms with Crippen LogP contribution >= 0.6 is 34.4 Å². The Morgan fingerprint density at radius 2 is 2.12 bits per heavy atom. The second-order valence-corrected chi connectivity index (χ2v) is 7.37. The van der Waals surface area contributed by atoms with Crippen molar-refractivity contribution in [3.63, 3.8) is 0 Å². The fraction of sp³-hybridized carbons (Fsp3) is 0.389. The zero-order chi connectivity index (χ0) is 19.1. The fourth-order valence-corrected chi connectivity index (χ4v) is 4.05. The van der Waals surface area contributed by atoms with E-state index in [1.54, 1.807) is 17.9 Å². The molecule has 0 aliphatic carbocycles. The number of likely N-dealkylation sites (N-methyl/N-ethyl adjacent to an activating group) is 1. The van der Waals surface area contributed by atoms with Crippen molar-refractivity contribution in [3.05, 3.63) is 32.2 Å². The van der Waals surface area contributed by atoms with E-state index < -0.39 is 5.97 Å². The summed E-state index contributed by atoms with van der Waals surface area (Å²) in [5, 5.41) is 0.746. The molecule has 8 heteroatoms. The summed E-state index contributed by atoms with van der Waals surface area (Å²) >= 11 is 3.54. The van der Waals surface area contributed by atoms with Crippen LogP contribution < -0.4 is 4.74 Å². The first-order chi connectivity index (χ1) is 12.5. The zero-order valence-corrected chi connectivity index (χ0v) is 17.9. The van der Waals surface area contributed by atoms with Crippen molar-refractivity contribution >= 4 is 57.5 Å². The minimum atomic E-state index is -0.398. The van der Waals surface area contributed by atoms with Gasteiger partial charge in [0.15, 0.2) is 11.8 Å². The second kappa shape index (κ2) is 9.96. The summed E-state index contributed by atoms with van der Waals surface area (Å²) in [5.41, 5.74) is 0.891. The summed E-state index contributed by atoms with van der Waals surface area (Å²) in [6.07, 6.45) is 1.85. The normalized spacial score (nSPS) is 17.2. The van der Waals surface area contributed by atoms with E-state index in [0.29, 0.717) is 30.4 Å². The smallest absolute Gasteiger partial charge is 0.344 e. The van der Waals surface area contributed by atoms with Crippen LogP contribution in [-0.4, -0.2) is 48.2 Å². The number of esters is 1. The van der Waals surface area contributed by atoms with E-state index in [1.807, 2.05) is 32.1 Å². The number of rotatable bonds is 7. The number of amides is 1. The molecule has 0 saturated carbocycles. The van der Waals surface area contributed by atoms with E-state index in [0.717, 1.165) is 14.3 Å². The highest BCUT2D eigenvalue weighted by molar-refractivity contribution is 14.1. The van der Waals surface area contributed by atoms with E-state index in [-0.39, 0.29) is 12.5 Å². The van der Waals surface area contributed by atoms with Gasteiger partial charge in [-0.3, -0.25) is 14.7 Å². The number of hydrogen-bond acceptors (Lipinski definition) is 6. The summed E-state index contributed by atoms with van der Waals surface area (Å²) in [6, 6.07) is 5.55. The summed E-state index contributed by atoms with van der Waals surface area (Å²) in [5.74, 6) is 0.182. The van der Waals surface area contributed by atoms with Crippen molar-refractivity contribution in [3.8, 4) is 5.75 Å². The topological polar surface area (TPSA) is 68.2 Å². The Bertz CT molecular complexity index is 749. The monoisotopic (exact) mass is 488 g/mol. The maximum Gasteiger partial charge on any atom is 0.344 e. The van der Waals surface area contributed by atoms with Gasteiger partial charge in [-0.1, -0.05) is 6.07 Å². The highest BCUT2D eigenvalue weighted by Gasteiger charge is 2.31. The van der Waals surface area contributed by atoms with Gasteiger partial charge >= 0.3 is 5.97 Å². The van der Waals surface area contributed by atoms with Crippen LogP contribution in [0.3, 0.4) is 0 Å². The van der Waals surface area contributed by atoms with Gasteiger partial charge < -0.3 is 9.47 Å². The summed E-state index contributed by atoms with van der Waals surface area (Å²) < 4.78 is 11.2. The van der Waals surface area contributed by atoms with Gasteiger partial charge in [-0.25, -0.2) is 4.79 Å². The van der Waals surface area contributed by atoms with E-state index in [2.05, 4.69) is 27.6 Å². The largest absolute Gasteiger partial charge is 0.481 e. The molecule has 0 spiro atoms. The molecule has 0 bridgehead atoms. The van der Waals surface area contributed by atoms with Crippen LogP contribution in [0.4, 0.5) is 0 Å². The number of nitrogens with zero attached hydrogens (tertiary/aromatic N) is 2. The lowest BCUT2D eigenvalue weighted by atomic mass is 10.2. The van der Waals surface area contributed by atoms with Crippen molar-refractivity contribution < 1.29 is 19.1 Å². The molecule has 140 valence electrons. The van der Waals surface area contributed by atoms with Crippen molar-refractivity contribution in [2.24, 2.45) is 4.99 Å².